The first-order chi connectivity index (χ1) is 13.3. The predicted octanol–water partition coefficient (Wildman–Crippen LogP) is 4.75. The summed E-state index contributed by atoms with van der Waals surface area (Å²) in [4.78, 5) is 17.6. The Morgan fingerprint density at radius 1 is 1.11 bits per heavy atom. The van der Waals surface area contributed by atoms with Crippen LogP contribution in [0.3, 0.4) is 0 Å². The molecule has 1 N–H and O–H groups in total. The molecule has 0 aliphatic carbocycles. The molecule has 0 aliphatic heterocycles. The first-order valence-electron chi connectivity index (χ1n) is 8.41. The van der Waals surface area contributed by atoms with Crippen LogP contribution in [0.25, 0.3) is 11.1 Å². The van der Waals surface area contributed by atoms with Gasteiger partial charge in [0, 0.05) is 37.1 Å². The van der Waals surface area contributed by atoms with Gasteiger partial charge in [-0.25, -0.2) is 0 Å². The molecule has 1 amide bonds. The molecule has 0 bridgehead atoms. The smallest absolute Gasteiger partial charge is 0.416 e. The fraction of sp³-hybridized carbons (Fsp3) is 0.143. The molecule has 0 saturated carbocycles. The van der Waals surface area contributed by atoms with E-state index in [1.807, 2.05) is 0 Å². The Balaban J connectivity index is 2.01. The van der Waals surface area contributed by atoms with Crippen LogP contribution in [-0.2, 0) is 12.7 Å². The summed E-state index contributed by atoms with van der Waals surface area (Å²) in [5.41, 5.74) is -0.0595. The number of alkyl halides is 3. The maximum Gasteiger partial charge on any atom is 0.416 e. The van der Waals surface area contributed by atoms with Gasteiger partial charge in [0.05, 0.1) is 11.1 Å². The number of amides is 1. The zero-order valence-corrected chi connectivity index (χ0v) is 14.9. The van der Waals surface area contributed by atoms with Crippen molar-refractivity contribution in [1.82, 2.24) is 9.88 Å². The van der Waals surface area contributed by atoms with Crippen LogP contribution in [0.2, 0.25) is 0 Å². The third-order valence-electron chi connectivity index (χ3n) is 4.26. The number of hydrogen-bond donors (Lipinski definition) is 1. The second kappa shape index (κ2) is 7.72. The Labute approximate surface area is 159 Å². The van der Waals surface area contributed by atoms with Gasteiger partial charge in [-0.3, -0.25) is 9.78 Å². The van der Waals surface area contributed by atoms with Gasteiger partial charge in [0.15, 0.2) is 0 Å². The lowest BCUT2D eigenvalue weighted by Gasteiger charge is -2.20. The molecule has 0 saturated heterocycles. The van der Waals surface area contributed by atoms with Gasteiger partial charge in [0.1, 0.15) is 5.75 Å². The van der Waals surface area contributed by atoms with Crippen molar-refractivity contribution in [2.75, 3.05) is 7.05 Å². The summed E-state index contributed by atoms with van der Waals surface area (Å²) in [5, 5.41) is 10.6. The summed E-state index contributed by atoms with van der Waals surface area (Å²) in [6.07, 6.45) is -1.69. The van der Waals surface area contributed by atoms with E-state index < -0.39 is 17.6 Å². The van der Waals surface area contributed by atoms with E-state index in [0.29, 0.717) is 11.1 Å². The van der Waals surface area contributed by atoms with Crippen molar-refractivity contribution in [3.63, 3.8) is 0 Å². The number of benzene rings is 2. The first-order valence-corrected chi connectivity index (χ1v) is 8.41. The van der Waals surface area contributed by atoms with Crippen LogP contribution in [0.4, 0.5) is 13.2 Å². The van der Waals surface area contributed by atoms with Crippen molar-refractivity contribution in [2.24, 2.45) is 0 Å². The van der Waals surface area contributed by atoms with Crippen molar-refractivity contribution in [1.29, 1.82) is 0 Å². The average molecular weight is 386 g/mol. The molecule has 0 spiro atoms. The van der Waals surface area contributed by atoms with E-state index in [-0.39, 0.29) is 23.4 Å². The van der Waals surface area contributed by atoms with E-state index in [1.54, 1.807) is 42.5 Å². The molecule has 0 atom stereocenters. The second-order valence-electron chi connectivity index (χ2n) is 6.30. The summed E-state index contributed by atoms with van der Waals surface area (Å²) in [6, 6.07) is 13.2. The number of hydrogen-bond acceptors (Lipinski definition) is 3. The number of nitrogens with zero attached hydrogens (tertiary/aromatic N) is 2. The van der Waals surface area contributed by atoms with E-state index >= 15 is 0 Å². The lowest BCUT2D eigenvalue weighted by Crippen LogP contribution is -2.26. The number of rotatable bonds is 4. The normalized spacial score (nSPS) is 11.3. The number of aromatic nitrogens is 1. The van der Waals surface area contributed by atoms with Gasteiger partial charge >= 0.3 is 6.18 Å². The van der Waals surface area contributed by atoms with Crippen molar-refractivity contribution in [3.8, 4) is 16.9 Å². The third kappa shape index (κ3) is 4.14. The van der Waals surface area contributed by atoms with Crippen LogP contribution in [0.1, 0.15) is 21.5 Å². The monoisotopic (exact) mass is 386 g/mol. The van der Waals surface area contributed by atoms with Gasteiger partial charge in [0.2, 0.25) is 0 Å². The molecule has 144 valence electrons. The van der Waals surface area contributed by atoms with Crippen molar-refractivity contribution < 1.29 is 23.1 Å². The predicted molar refractivity (Wildman–Crippen MR) is 98.6 cm³/mol. The van der Waals surface area contributed by atoms with Gasteiger partial charge in [0.25, 0.3) is 5.91 Å². The number of phenolic OH excluding ortho intramolecular Hbond substituents is 1. The molecule has 4 nitrogen and oxygen atoms in total. The minimum absolute atomic E-state index is 0.00779. The molecule has 0 radical (unpaired) electrons. The van der Waals surface area contributed by atoms with E-state index in [4.69, 9.17) is 0 Å². The van der Waals surface area contributed by atoms with E-state index in [1.165, 1.54) is 24.3 Å². The lowest BCUT2D eigenvalue weighted by molar-refractivity contribution is -0.137. The Morgan fingerprint density at radius 3 is 2.43 bits per heavy atom. The van der Waals surface area contributed by atoms with Crippen LogP contribution in [-0.4, -0.2) is 27.9 Å². The first kappa shape index (κ1) is 19.4. The Bertz CT molecular complexity index is 974. The maximum absolute atomic E-state index is 13.4. The average Bonchev–Trinajstić information content (AvgIpc) is 2.69. The zero-order chi connectivity index (χ0) is 20.3. The molecule has 1 heterocycles. The number of pyridine rings is 1. The topological polar surface area (TPSA) is 53.4 Å². The molecule has 28 heavy (non-hydrogen) atoms. The zero-order valence-electron chi connectivity index (χ0n) is 14.9. The highest BCUT2D eigenvalue weighted by Crippen LogP contribution is 2.39. The molecule has 2 aromatic carbocycles. The van der Waals surface area contributed by atoms with Crippen LogP contribution >= 0.6 is 0 Å². The van der Waals surface area contributed by atoms with Gasteiger partial charge in [-0.05, 0) is 29.8 Å². The van der Waals surface area contributed by atoms with Gasteiger partial charge in [-0.2, -0.15) is 13.2 Å². The van der Waals surface area contributed by atoms with Crippen molar-refractivity contribution in [2.45, 2.75) is 12.7 Å². The fourth-order valence-electron chi connectivity index (χ4n) is 2.85. The van der Waals surface area contributed by atoms with Crippen LogP contribution in [0.15, 0.2) is 67.0 Å². The number of halogens is 3. The summed E-state index contributed by atoms with van der Waals surface area (Å²) < 4.78 is 40.2. The van der Waals surface area contributed by atoms with Gasteiger partial charge in [-0.15, -0.1) is 0 Å². The Kier molecular flexibility index (Phi) is 5.35. The molecule has 0 fully saturated rings. The highest BCUT2D eigenvalue weighted by Gasteiger charge is 2.32. The van der Waals surface area contributed by atoms with Crippen LogP contribution in [0.5, 0.6) is 5.75 Å². The highest BCUT2D eigenvalue weighted by molar-refractivity contribution is 5.93. The second-order valence-corrected chi connectivity index (χ2v) is 6.30. The number of carbonyl (C=O) groups is 1. The van der Waals surface area contributed by atoms with Gasteiger partial charge < -0.3 is 10.0 Å². The molecule has 7 heteroatoms. The van der Waals surface area contributed by atoms with E-state index in [2.05, 4.69) is 4.98 Å². The summed E-state index contributed by atoms with van der Waals surface area (Å²) in [6.45, 7) is -0.191. The Morgan fingerprint density at radius 2 is 1.82 bits per heavy atom. The van der Waals surface area contributed by atoms with Gasteiger partial charge in [-0.1, -0.05) is 30.3 Å². The SMILES string of the molecule is CN(Cc1cc(C(F)(F)F)cc(-c2ccccc2)c1O)C(=O)c1cccnc1. The molecular weight excluding hydrogens is 369 g/mol. The highest BCUT2D eigenvalue weighted by atomic mass is 19.4. The number of aromatic hydroxyl groups is 1. The largest absolute Gasteiger partial charge is 0.507 e. The summed E-state index contributed by atoms with van der Waals surface area (Å²) in [7, 11) is 1.46. The maximum atomic E-state index is 13.4. The minimum Gasteiger partial charge on any atom is -0.507 e. The molecule has 3 rings (SSSR count). The molecule has 0 aliphatic rings. The Hall–Kier alpha value is -3.35. The van der Waals surface area contributed by atoms with E-state index in [0.717, 1.165) is 12.1 Å². The minimum atomic E-state index is -4.59. The molecular formula is C21H17F3N2O2. The molecule has 0 unspecified atom stereocenters. The standard InChI is InChI=1S/C21H17F3N2O2/c1-26(20(28)15-8-5-9-25-12-15)13-16-10-17(21(22,23)24)11-18(19(16)27)14-6-3-2-4-7-14/h2-12,27H,13H2,1H3. The molecule has 3 aromatic rings. The number of carbonyl (C=O) groups excluding carboxylic acids is 1. The van der Waals surface area contributed by atoms with Crippen molar-refractivity contribution in [3.05, 3.63) is 83.7 Å². The summed E-state index contributed by atoms with van der Waals surface area (Å²) in [5.74, 6) is -0.698. The van der Waals surface area contributed by atoms with E-state index in [9.17, 15) is 23.1 Å². The van der Waals surface area contributed by atoms with Crippen LogP contribution < -0.4 is 0 Å². The molecule has 1 aromatic heterocycles. The fourth-order valence-corrected chi connectivity index (χ4v) is 2.85. The third-order valence-corrected chi connectivity index (χ3v) is 4.26. The van der Waals surface area contributed by atoms with Crippen molar-refractivity contribution >= 4 is 5.91 Å². The lowest BCUT2D eigenvalue weighted by atomic mass is 9.97. The van der Waals surface area contributed by atoms with Crippen LogP contribution in [0, 0.1) is 0 Å². The summed E-state index contributed by atoms with van der Waals surface area (Å²) >= 11 is 0. The quantitative estimate of drug-likeness (QED) is 0.704. The number of phenols is 1.